The summed E-state index contributed by atoms with van der Waals surface area (Å²) < 4.78 is 0. The zero-order chi connectivity index (χ0) is 15.6. The molecular weight excluding hydrogens is 270 g/mol. The minimum absolute atomic E-state index is 0.147. The van der Waals surface area contributed by atoms with Gasteiger partial charge in [-0.05, 0) is 24.1 Å². The number of Topliss-reactive ketones (excluding diaryl/α,β-unsaturated/α-hetero) is 1. The van der Waals surface area contributed by atoms with Gasteiger partial charge in [-0.2, -0.15) is 0 Å². The molecule has 1 atom stereocenters. The number of aliphatic hydroxyl groups is 1. The summed E-state index contributed by atoms with van der Waals surface area (Å²) in [5.74, 6) is -1.87. The fraction of sp³-hybridized carbons (Fsp3) is 0.250. The van der Waals surface area contributed by atoms with Crippen LogP contribution in [0.1, 0.15) is 18.9 Å². The van der Waals surface area contributed by atoms with Crippen molar-refractivity contribution in [1.29, 1.82) is 0 Å². The van der Waals surface area contributed by atoms with Gasteiger partial charge in [0.2, 0.25) is 0 Å². The van der Waals surface area contributed by atoms with Crippen LogP contribution in [-0.4, -0.2) is 32.6 Å². The van der Waals surface area contributed by atoms with Crippen LogP contribution in [0.4, 0.5) is 0 Å². The molecule has 5 heteroatoms. The predicted molar refractivity (Wildman–Crippen MR) is 79.0 cm³/mol. The Hall–Kier alpha value is -2.40. The van der Waals surface area contributed by atoms with Crippen LogP contribution >= 0.6 is 0 Å². The average molecular weight is 287 g/mol. The molecule has 0 amide bonds. The van der Waals surface area contributed by atoms with E-state index in [1.807, 2.05) is 24.3 Å². The molecule has 5 nitrogen and oxygen atoms in total. The van der Waals surface area contributed by atoms with Crippen LogP contribution in [0.15, 0.2) is 42.6 Å². The Labute approximate surface area is 121 Å². The predicted octanol–water partition coefficient (Wildman–Crippen LogP) is 2.06. The van der Waals surface area contributed by atoms with Crippen molar-refractivity contribution in [3.05, 3.63) is 48.2 Å². The number of rotatable bonds is 6. The summed E-state index contributed by atoms with van der Waals surface area (Å²) in [7, 11) is 0. The number of aromatic nitrogens is 1. The number of aromatic amines is 1. The first-order valence-electron chi connectivity index (χ1n) is 6.53. The van der Waals surface area contributed by atoms with Crippen LogP contribution in [0.25, 0.3) is 10.9 Å². The molecule has 2 rings (SSSR count). The van der Waals surface area contributed by atoms with Gasteiger partial charge in [-0.25, -0.2) is 4.79 Å². The number of carboxylic acids is 1. The van der Waals surface area contributed by atoms with E-state index in [9.17, 15) is 19.8 Å². The molecule has 0 fully saturated rings. The van der Waals surface area contributed by atoms with Crippen LogP contribution in [0.2, 0.25) is 0 Å². The summed E-state index contributed by atoms with van der Waals surface area (Å²) in [5, 5.41) is 20.5. The smallest absolute Gasteiger partial charge is 0.336 e. The molecule has 21 heavy (non-hydrogen) atoms. The maximum absolute atomic E-state index is 11.7. The van der Waals surface area contributed by atoms with E-state index in [0.29, 0.717) is 5.56 Å². The Morgan fingerprint density at radius 3 is 2.62 bits per heavy atom. The molecule has 2 aromatic rings. The van der Waals surface area contributed by atoms with Gasteiger partial charge < -0.3 is 15.2 Å². The molecule has 110 valence electrons. The minimum atomic E-state index is -2.14. The monoisotopic (exact) mass is 287 g/mol. The second-order valence-electron chi connectivity index (χ2n) is 5.25. The third kappa shape index (κ3) is 3.03. The molecule has 0 spiro atoms. The normalized spacial score (nSPS) is 13.8. The van der Waals surface area contributed by atoms with E-state index in [2.05, 4.69) is 11.6 Å². The van der Waals surface area contributed by atoms with Crippen molar-refractivity contribution < 1.29 is 19.8 Å². The maximum Gasteiger partial charge on any atom is 0.336 e. The quantitative estimate of drug-likeness (QED) is 0.709. The lowest BCUT2D eigenvalue weighted by molar-refractivity contribution is -0.160. The third-order valence-electron chi connectivity index (χ3n) is 3.48. The summed E-state index contributed by atoms with van der Waals surface area (Å²) in [4.78, 5) is 26.1. The van der Waals surface area contributed by atoms with Crippen molar-refractivity contribution in [3.63, 3.8) is 0 Å². The lowest BCUT2D eigenvalue weighted by Crippen LogP contribution is -2.43. The van der Waals surface area contributed by atoms with E-state index in [4.69, 9.17) is 0 Å². The van der Waals surface area contributed by atoms with Gasteiger partial charge in [0.1, 0.15) is 0 Å². The summed E-state index contributed by atoms with van der Waals surface area (Å²) in [6, 6.07) is 7.39. The topological polar surface area (TPSA) is 90.4 Å². The second-order valence-corrected chi connectivity index (χ2v) is 5.25. The molecule has 0 saturated carbocycles. The van der Waals surface area contributed by atoms with E-state index in [1.165, 1.54) is 6.92 Å². The number of carbonyl (C=O) groups excluding carboxylic acids is 1. The molecule has 1 aromatic carbocycles. The van der Waals surface area contributed by atoms with Gasteiger partial charge in [-0.15, -0.1) is 0 Å². The van der Waals surface area contributed by atoms with Gasteiger partial charge in [0.25, 0.3) is 0 Å². The summed E-state index contributed by atoms with van der Waals surface area (Å²) in [6.45, 7) is 4.98. The van der Waals surface area contributed by atoms with Crippen LogP contribution in [0.5, 0.6) is 0 Å². The van der Waals surface area contributed by atoms with Crippen molar-refractivity contribution in [1.82, 2.24) is 4.98 Å². The zero-order valence-electron chi connectivity index (χ0n) is 11.7. The number of carboxylic acid groups (broad SMARTS) is 1. The fourth-order valence-corrected chi connectivity index (χ4v) is 2.22. The van der Waals surface area contributed by atoms with Gasteiger partial charge in [0.15, 0.2) is 11.4 Å². The molecule has 0 radical (unpaired) electrons. The molecule has 0 aliphatic heterocycles. The Kier molecular flexibility index (Phi) is 3.95. The second kappa shape index (κ2) is 5.54. The molecule has 1 aromatic heterocycles. The average Bonchev–Trinajstić information content (AvgIpc) is 2.81. The number of aliphatic carboxylic acids is 1. The van der Waals surface area contributed by atoms with E-state index < -0.39 is 23.8 Å². The highest BCUT2D eigenvalue weighted by atomic mass is 16.4. The molecular formula is C16H17NO4. The molecule has 1 unspecified atom stereocenters. The van der Waals surface area contributed by atoms with Crippen molar-refractivity contribution >= 4 is 22.7 Å². The molecule has 0 aliphatic rings. The van der Waals surface area contributed by atoms with Crippen molar-refractivity contribution in [3.8, 4) is 0 Å². The Balaban J connectivity index is 2.34. The number of fused-ring (bicyclic) bond motifs is 1. The Morgan fingerprint density at radius 1 is 1.33 bits per heavy atom. The molecule has 0 bridgehead atoms. The number of benzene rings is 1. The first kappa shape index (κ1) is 15.0. The number of para-hydroxylation sites is 1. The fourth-order valence-electron chi connectivity index (χ4n) is 2.22. The Morgan fingerprint density at radius 2 is 2.00 bits per heavy atom. The van der Waals surface area contributed by atoms with E-state index in [0.717, 1.165) is 10.9 Å². The zero-order valence-corrected chi connectivity index (χ0v) is 11.7. The van der Waals surface area contributed by atoms with Gasteiger partial charge in [0.05, 0.1) is 6.42 Å². The lowest BCUT2D eigenvalue weighted by Gasteiger charge is -2.22. The lowest BCUT2D eigenvalue weighted by atomic mass is 9.88. The first-order chi connectivity index (χ1) is 9.83. The number of allylic oxidation sites excluding steroid dienone is 1. The summed E-state index contributed by atoms with van der Waals surface area (Å²) >= 11 is 0. The third-order valence-corrected chi connectivity index (χ3v) is 3.48. The van der Waals surface area contributed by atoms with Gasteiger partial charge in [-0.3, -0.25) is 4.79 Å². The molecule has 1 heterocycles. The number of nitrogens with one attached hydrogen (secondary N) is 1. The van der Waals surface area contributed by atoms with Crippen molar-refractivity contribution in [2.24, 2.45) is 0 Å². The Bertz CT molecular complexity index is 716. The van der Waals surface area contributed by atoms with Crippen LogP contribution in [0, 0.1) is 0 Å². The minimum Gasteiger partial charge on any atom is -0.479 e. The van der Waals surface area contributed by atoms with E-state index >= 15 is 0 Å². The van der Waals surface area contributed by atoms with Crippen LogP contribution in [-0.2, 0) is 16.0 Å². The maximum atomic E-state index is 11.7. The van der Waals surface area contributed by atoms with Crippen LogP contribution < -0.4 is 0 Å². The largest absolute Gasteiger partial charge is 0.479 e. The molecule has 0 aliphatic carbocycles. The van der Waals surface area contributed by atoms with E-state index in [-0.39, 0.29) is 12.0 Å². The molecule has 0 saturated heterocycles. The number of H-pyrrole nitrogens is 1. The standard InChI is InChI=1S/C16H17NO4/c1-10(2)14(18)8-16(21,15(19)20)7-11-9-17-13-6-4-3-5-12(11)13/h3-6,9,17,21H,1,7-8H2,2H3,(H,19,20). The van der Waals surface area contributed by atoms with Crippen molar-refractivity contribution in [2.75, 3.05) is 0 Å². The van der Waals surface area contributed by atoms with Gasteiger partial charge >= 0.3 is 5.97 Å². The highest BCUT2D eigenvalue weighted by Gasteiger charge is 2.39. The first-order valence-corrected chi connectivity index (χ1v) is 6.53. The van der Waals surface area contributed by atoms with Gasteiger partial charge in [0, 0.05) is 23.5 Å². The van der Waals surface area contributed by atoms with E-state index in [1.54, 1.807) is 6.20 Å². The SMILES string of the molecule is C=C(C)C(=O)CC(O)(Cc1c[nH]c2ccccc12)C(=O)O. The number of ketones is 1. The summed E-state index contributed by atoms with van der Waals surface area (Å²) in [5.41, 5.74) is -0.397. The van der Waals surface area contributed by atoms with Crippen molar-refractivity contribution in [2.45, 2.75) is 25.4 Å². The number of carbonyl (C=O) groups is 2. The number of hydrogen-bond acceptors (Lipinski definition) is 3. The highest BCUT2D eigenvalue weighted by molar-refractivity contribution is 5.98. The van der Waals surface area contributed by atoms with Crippen LogP contribution in [0.3, 0.4) is 0 Å². The highest BCUT2D eigenvalue weighted by Crippen LogP contribution is 2.25. The summed E-state index contributed by atoms with van der Waals surface area (Å²) in [6.07, 6.45) is 1.02. The number of hydrogen-bond donors (Lipinski definition) is 3. The van der Waals surface area contributed by atoms with Gasteiger partial charge in [-0.1, -0.05) is 24.8 Å². The molecule has 3 N–H and O–H groups in total.